The van der Waals surface area contributed by atoms with Gasteiger partial charge in [-0.3, -0.25) is 4.79 Å². The summed E-state index contributed by atoms with van der Waals surface area (Å²) in [5, 5.41) is 10.4. The number of benzene rings is 2. The summed E-state index contributed by atoms with van der Waals surface area (Å²) < 4.78 is 22.1. The molecule has 2 aromatic carbocycles. The molecule has 0 bridgehead atoms. The molecule has 2 aliphatic heterocycles. The fourth-order valence-electron chi connectivity index (χ4n) is 4.87. The third kappa shape index (κ3) is 5.06. The number of carboxylic acid groups (broad SMARTS) is 1. The molecule has 4 atom stereocenters. The van der Waals surface area contributed by atoms with Crippen molar-refractivity contribution in [2.24, 2.45) is 5.92 Å². The highest BCUT2D eigenvalue weighted by molar-refractivity contribution is 5.80. The molecular formula is C27H34N2O7. The molecule has 1 saturated heterocycles. The summed E-state index contributed by atoms with van der Waals surface area (Å²) in [6.07, 6.45) is 1.44. The molecule has 2 aromatic rings. The first-order valence-electron chi connectivity index (χ1n) is 12.3. The average Bonchev–Trinajstić information content (AvgIpc) is 3.52. The highest BCUT2D eigenvalue weighted by Crippen LogP contribution is 2.48. The summed E-state index contributed by atoms with van der Waals surface area (Å²) in [6.45, 7) is 4.82. The Morgan fingerprint density at radius 1 is 1.14 bits per heavy atom. The van der Waals surface area contributed by atoms with Crippen molar-refractivity contribution in [1.82, 2.24) is 9.80 Å². The Morgan fingerprint density at radius 2 is 1.83 bits per heavy atom. The lowest BCUT2D eigenvalue weighted by atomic mass is 9.83. The van der Waals surface area contributed by atoms with Crippen LogP contribution < -0.4 is 14.2 Å². The number of carbonyl (C=O) groups excluding carboxylic acids is 1. The van der Waals surface area contributed by atoms with Gasteiger partial charge in [-0.2, -0.15) is 0 Å². The van der Waals surface area contributed by atoms with Gasteiger partial charge in [0, 0.05) is 26.1 Å². The third-order valence-electron chi connectivity index (χ3n) is 7.02. The van der Waals surface area contributed by atoms with Crippen LogP contribution in [-0.2, 0) is 9.53 Å². The Hall–Kier alpha value is -3.46. The monoisotopic (exact) mass is 498 g/mol. The molecule has 2 amide bonds. The van der Waals surface area contributed by atoms with E-state index in [0.29, 0.717) is 23.9 Å². The second-order valence-corrected chi connectivity index (χ2v) is 9.17. The molecule has 0 aliphatic carbocycles. The van der Waals surface area contributed by atoms with Crippen LogP contribution in [0.2, 0.25) is 0 Å². The molecule has 194 valence electrons. The van der Waals surface area contributed by atoms with Crippen LogP contribution in [-0.4, -0.2) is 67.2 Å². The van der Waals surface area contributed by atoms with Gasteiger partial charge in [0.2, 0.25) is 6.79 Å². The van der Waals surface area contributed by atoms with Crippen LogP contribution in [0.15, 0.2) is 42.5 Å². The number of carbonyl (C=O) groups is 2. The molecule has 0 saturated carbocycles. The minimum Gasteiger partial charge on any atom is -0.497 e. The lowest BCUT2D eigenvalue weighted by Crippen LogP contribution is -2.46. The highest BCUT2D eigenvalue weighted by Gasteiger charge is 2.50. The fraction of sp³-hybridized carbons (Fsp3) is 0.481. The maximum atomic E-state index is 13.8. The topological polar surface area (TPSA) is 97.8 Å². The van der Waals surface area contributed by atoms with E-state index in [0.717, 1.165) is 24.0 Å². The number of amides is 2. The number of urea groups is 1. The van der Waals surface area contributed by atoms with Gasteiger partial charge in [0.1, 0.15) is 12.0 Å². The summed E-state index contributed by atoms with van der Waals surface area (Å²) in [4.78, 5) is 29.7. The molecule has 4 rings (SSSR count). The van der Waals surface area contributed by atoms with Crippen molar-refractivity contribution >= 4 is 12.0 Å². The lowest BCUT2D eigenvalue weighted by molar-refractivity contribution is -0.143. The van der Waals surface area contributed by atoms with E-state index >= 15 is 0 Å². The molecule has 0 radical (unpaired) electrons. The van der Waals surface area contributed by atoms with E-state index in [1.807, 2.05) is 31.2 Å². The molecule has 1 N–H and O–H groups in total. The number of fused-ring (bicyclic) bond motifs is 1. The van der Waals surface area contributed by atoms with E-state index < -0.39 is 30.1 Å². The van der Waals surface area contributed by atoms with Gasteiger partial charge in [-0.05, 0) is 48.7 Å². The summed E-state index contributed by atoms with van der Waals surface area (Å²) in [5.74, 6) is -0.420. The van der Waals surface area contributed by atoms with Crippen LogP contribution in [0.3, 0.4) is 0 Å². The van der Waals surface area contributed by atoms with Crippen LogP contribution >= 0.6 is 0 Å². The summed E-state index contributed by atoms with van der Waals surface area (Å²) in [7, 11) is 3.26. The van der Waals surface area contributed by atoms with Crippen LogP contribution in [0.1, 0.15) is 49.8 Å². The maximum absolute atomic E-state index is 13.8. The predicted molar refractivity (Wildman–Crippen MR) is 132 cm³/mol. The first-order chi connectivity index (χ1) is 17.3. The lowest BCUT2D eigenvalue weighted by Gasteiger charge is -2.33. The zero-order valence-corrected chi connectivity index (χ0v) is 21.2. The normalized spacial score (nSPS) is 21.3. The molecule has 0 aromatic heterocycles. The van der Waals surface area contributed by atoms with Gasteiger partial charge in [-0.25, -0.2) is 4.79 Å². The van der Waals surface area contributed by atoms with E-state index in [1.54, 1.807) is 37.3 Å². The smallest absolute Gasteiger partial charge is 0.322 e. The molecule has 4 unspecified atom stereocenters. The Balaban J connectivity index is 1.70. The molecule has 2 aliphatic rings. The van der Waals surface area contributed by atoms with E-state index in [-0.39, 0.29) is 19.4 Å². The minimum atomic E-state index is -0.969. The molecule has 1 fully saturated rings. The average molecular weight is 499 g/mol. The quantitative estimate of drug-likeness (QED) is 0.402. The second-order valence-electron chi connectivity index (χ2n) is 9.17. The van der Waals surface area contributed by atoms with Gasteiger partial charge >= 0.3 is 12.0 Å². The van der Waals surface area contributed by atoms with Gasteiger partial charge in [-0.1, -0.05) is 31.5 Å². The minimum absolute atomic E-state index is 0.131. The number of likely N-dealkylation sites (tertiary alicyclic amines) is 1. The molecule has 36 heavy (non-hydrogen) atoms. The van der Waals surface area contributed by atoms with Crippen LogP contribution in [0, 0.1) is 5.92 Å². The van der Waals surface area contributed by atoms with Crippen molar-refractivity contribution in [3.05, 3.63) is 53.6 Å². The summed E-state index contributed by atoms with van der Waals surface area (Å²) >= 11 is 0. The standard InChI is InChI=1S/C27H34N2O7/c1-5-6-13-34-17(2)28(3)27(32)29-15-21(19-9-12-22-23(14-19)36-16-35-22)24(26(30)31)25(29)18-7-10-20(33-4)11-8-18/h7-12,14,17,21,24-25H,5-6,13,15-16H2,1-4H3,(H,30,31). The van der Waals surface area contributed by atoms with Crippen LogP contribution in [0.25, 0.3) is 0 Å². The molecule has 9 nitrogen and oxygen atoms in total. The number of aliphatic carboxylic acids is 1. The van der Waals surface area contributed by atoms with Gasteiger partial charge in [0.25, 0.3) is 0 Å². The van der Waals surface area contributed by atoms with Crippen LogP contribution in [0.4, 0.5) is 4.79 Å². The van der Waals surface area contributed by atoms with E-state index in [9.17, 15) is 14.7 Å². The van der Waals surface area contributed by atoms with Crippen molar-refractivity contribution in [2.45, 2.75) is 44.9 Å². The summed E-state index contributed by atoms with van der Waals surface area (Å²) in [5.41, 5.74) is 1.52. The number of hydrogen-bond acceptors (Lipinski definition) is 6. The van der Waals surface area contributed by atoms with E-state index in [1.165, 1.54) is 4.90 Å². The SMILES string of the molecule is CCCCOC(C)N(C)C(=O)N1CC(c2ccc3c(c2)OCO3)C(C(=O)O)C1c1ccc(OC)cc1. The highest BCUT2D eigenvalue weighted by atomic mass is 16.7. The fourth-order valence-corrected chi connectivity index (χ4v) is 4.87. The third-order valence-corrected chi connectivity index (χ3v) is 7.02. The van der Waals surface area contributed by atoms with E-state index in [2.05, 4.69) is 6.92 Å². The van der Waals surface area contributed by atoms with Gasteiger partial charge in [0.05, 0.1) is 19.1 Å². The predicted octanol–water partition coefficient (Wildman–Crippen LogP) is 4.48. The maximum Gasteiger partial charge on any atom is 0.322 e. The van der Waals surface area contributed by atoms with Crippen molar-refractivity contribution in [2.75, 3.05) is 34.1 Å². The molecule has 2 heterocycles. The number of ether oxygens (including phenoxy) is 4. The first kappa shape index (κ1) is 25.6. The second kappa shape index (κ2) is 11.1. The largest absolute Gasteiger partial charge is 0.497 e. The van der Waals surface area contributed by atoms with Crippen LogP contribution in [0.5, 0.6) is 17.2 Å². The Bertz CT molecular complexity index is 1070. The number of methoxy groups -OCH3 is 1. The zero-order chi connectivity index (χ0) is 25.8. The first-order valence-corrected chi connectivity index (χ1v) is 12.3. The van der Waals surface area contributed by atoms with Gasteiger partial charge < -0.3 is 33.9 Å². The number of hydrogen-bond donors (Lipinski definition) is 1. The molecular weight excluding hydrogens is 464 g/mol. The molecule has 9 heteroatoms. The Kier molecular flexibility index (Phi) is 7.88. The zero-order valence-electron chi connectivity index (χ0n) is 21.2. The van der Waals surface area contributed by atoms with Crippen molar-refractivity contribution < 1.29 is 33.6 Å². The number of nitrogens with zero attached hydrogens (tertiary/aromatic N) is 2. The number of unbranched alkanes of at least 4 members (excludes halogenated alkanes) is 1. The van der Waals surface area contributed by atoms with E-state index in [4.69, 9.17) is 18.9 Å². The van der Waals surface area contributed by atoms with Crippen molar-refractivity contribution in [1.29, 1.82) is 0 Å². The Labute approximate surface area is 211 Å². The van der Waals surface area contributed by atoms with Crippen molar-refractivity contribution in [3.63, 3.8) is 0 Å². The van der Waals surface area contributed by atoms with Gasteiger partial charge in [0.15, 0.2) is 11.5 Å². The number of rotatable bonds is 9. The van der Waals surface area contributed by atoms with Crippen molar-refractivity contribution in [3.8, 4) is 17.2 Å². The van der Waals surface area contributed by atoms with Gasteiger partial charge in [-0.15, -0.1) is 0 Å². The molecule has 0 spiro atoms. The number of carboxylic acids is 1. The summed E-state index contributed by atoms with van der Waals surface area (Å²) in [6, 6.07) is 11.7. The Morgan fingerprint density at radius 3 is 2.50 bits per heavy atom.